The third-order valence-electron chi connectivity index (χ3n) is 2.78. The summed E-state index contributed by atoms with van der Waals surface area (Å²) in [6.07, 6.45) is -0.491. The zero-order valence-electron chi connectivity index (χ0n) is 9.35. The SMILES string of the molecule is Cc1ccc(N2CCO[C@H](C(N)=O)C2)cc1. The predicted octanol–water partition coefficient (Wildman–Crippen LogP) is 0.686. The molecular weight excluding hydrogens is 204 g/mol. The van der Waals surface area contributed by atoms with Crippen LogP contribution in [-0.4, -0.2) is 31.7 Å². The summed E-state index contributed by atoms with van der Waals surface area (Å²) in [6.45, 7) is 3.93. The number of hydrogen-bond donors (Lipinski definition) is 1. The predicted molar refractivity (Wildman–Crippen MR) is 62.3 cm³/mol. The summed E-state index contributed by atoms with van der Waals surface area (Å²) >= 11 is 0. The number of rotatable bonds is 2. The van der Waals surface area contributed by atoms with Gasteiger partial charge in [-0.3, -0.25) is 4.79 Å². The summed E-state index contributed by atoms with van der Waals surface area (Å²) in [4.78, 5) is 13.2. The second-order valence-corrected chi connectivity index (χ2v) is 4.04. The highest BCUT2D eigenvalue weighted by Gasteiger charge is 2.24. The van der Waals surface area contributed by atoms with Crippen LogP contribution < -0.4 is 10.6 Å². The Morgan fingerprint density at radius 1 is 1.44 bits per heavy atom. The maximum atomic E-state index is 11.1. The summed E-state index contributed by atoms with van der Waals surface area (Å²) in [7, 11) is 0. The smallest absolute Gasteiger partial charge is 0.248 e. The van der Waals surface area contributed by atoms with E-state index in [-0.39, 0.29) is 0 Å². The molecule has 1 saturated heterocycles. The fourth-order valence-electron chi connectivity index (χ4n) is 1.81. The molecule has 1 aromatic carbocycles. The molecule has 1 amide bonds. The van der Waals surface area contributed by atoms with Crippen LogP contribution in [0.25, 0.3) is 0 Å². The molecule has 16 heavy (non-hydrogen) atoms. The first-order valence-corrected chi connectivity index (χ1v) is 5.39. The number of hydrogen-bond acceptors (Lipinski definition) is 3. The fraction of sp³-hybridized carbons (Fsp3) is 0.417. The largest absolute Gasteiger partial charge is 0.367 e. The summed E-state index contributed by atoms with van der Waals surface area (Å²) in [5.41, 5.74) is 7.58. The number of nitrogens with two attached hydrogens (primary N) is 1. The second-order valence-electron chi connectivity index (χ2n) is 4.04. The lowest BCUT2D eigenvalue weighted by molar-refractivity contribution is -0.130. The van der Waals surface area contributed by atoms with Crippen molar-refractivity contribution in [2.45, 2.75) is 13.0 Å². The lowest BCUT2D eigenvalue weighted by Gasteiger charge is -2.33. The van der Waals surface area contributed by atoms with Crippen LogP contribution in [0.2, 0.25) is 0 Å². The Kier molecular flexibility index (Phi) is 3.10. The van der Waals surface area contributed by atoms with E-state index >= 15 is 0 Å². The molecule has 4 heteroatoms. The lowest BCUT2D eigenvalue weighted by atomic mass is 10.2. The van der Waals surface area contributed by atoms with E-state index in [0.717, 1.165) is 12.2 Å². The van der Waals surface area contributed by atoms with Crippen LogP contribution in [0.4, 0.5) is 5.69 Å². The number of amides is 1. The maximum absolute atomic E-state index is 11.1. The van der Waals surface area contributed by atoms with E-state index in [1.807, 2.05) is 0 Å². The first kappa shape index (κ1) is 11.0. The number of carbonyl (C=O) groups excluding carboxylic acids is 1. The minimum atomic E-state index is -0.491. The number of benzene rings is 1. The normalized spacial score (nSPS) is 20.8. The van der Waals surface area contributed by atoms with Gasteiger partial charge in [-0.2, -0.15) is 0 Å². The monoisotopic (exact) mass is 220 g/mol. The maximum Gasteiger partial charge on any atom is 0.248 e. The highest BCUT2D eigenvalue weighted by molar-refractivity contribution is 5.79. The number of carbonyl (C=O) groups is 1. The Balaban J connectivity index is 2.09. The summed E-state index contributed by atoms with van der Waals surface area (Å²) in [5, 5.41) is 0. The van der Waals surface area contributed by atoms with Crippen LogP contribution in [0.15, 0.2) is 24.3 Å². The van der Waals surface area contributed by atoms with E-state index < -0.39 is 12.0 Å². The molecule has 2 N–H and O–H groups in total. The van der Waals surface area contributed by atoms with Gasteiger partial charge in [0, 0.05) is 12.2 Å². The molecule has 0 aliphatic carbocycles. The third kappa shape index (κ3) is 2.33. The zero-order valence-corrected chi connectivity index (χ0v) is 9.35. The topological polar surface area (TPSA) is 55.6 Å². The van der Waals surface area contributed by atoms with Crippen molar-refractivity contribution >= 4 is 11.6 Å². The number of aryl methyl sites for hydroxylation is 1. The van der Waals surface area contributed by atoms with Crippen LogP contribution in [0.5, 0.6) is 0 Å². The van der Waals surface area contributed by atoms with Crippen LogP contribution in [0.1, 0.15) is 5.56 Å². The van der Waals surface area contributed by atoms with Crippen LogP contribution in [0.3, 0.4) is 0 Å². The van der Waals surface area contributed by atoms with Crippen LogP contribution in [0, 0.1) is 6.92 Å². The molecule has 0 saturated carbocycles. The van der Waals surface area contributed by atoms with Crippen molar-refractivity contribution in [3.63, 3.8) is 0 Å². The molecule has 1 aliphatic rings. The van der Waals surface area contributed by atoms with Crippen LogP contribution in [-0.2, 0) is 9.53 Å². The summed E-state index contributed by atoms with van der Waals surface area (Å²) in [6, 6.07) is 8.23. The number of nitrogens with zero attached hydrogens (tertiary/aromatic N) is 1. The van der Waals surface area contributed by atoms with Gasteiger partial charge in [-0.05, 0) is 19.1 Å². The molecule has 1 atom stereocenters. The van der Waals surface area contributed by atoms with Gasteiger partial charge in [0.15, 0.2) is 6.10 Å². The molecule has 1 aliphatic heterocycles. The number of primary amides is 1. The Hall–Kier alpha value is -1.55. The van der Waals surface area contributed by atoms with E-state index in [2.05, 4.69) is 36.1 Å². The van der Waals surface area contributed by atoms with Gasteiger partial charge in [0.25, 0.3) is 0 Å². The van der Waals surface area contributed by atoms with Gasteiger partial charge in [-0.1, -0.05) is 17.7 Å². The summed E-state index contributed by atoms with van der Waals surface area (Å²) in [5.74, 6) is -0.392. The van der Waals surface area contributed by atoms with Crippen molar-refractivity contribution in [3.05, 3.63) is 29.8 Å². The average Bonchev–Trinajstić information content (AvgIpc) is 2.30. The summed E-state index contributed by atoms with van der Waals surface area (Å²) < 4.78 is 5.30. The number of ether oxygens (including phenoxy) is 1. The third-order valence-corrected chi connectivity index (χ3v) is 2.78. The molecule has 86 valence electrons. The van der Waals surface area contributed by atoms with Gasteiger partial charge < -0.3 is 15.4 Å². The molecular formula is C12H16N2O2. The molecule has 1 heterocycles. The molecule has 0 spiro atoms. The van der Waals surface area contributed by atoms with E-state index in [9.17, 15) is 4.79 Å². The first-order chi connectivity index (χ1) is 7.66. The molecule has 1 aromatic rings. The molecule has 0 aromatic heterocycles. The fourth-order valence-corrected chi connectivity index (χ4v) is 1.81. The van der Waals surface area contributed by atoms with Gasteiger partial charge in [-0.25, -0.2) is 0 Å². The van der Waals surface area contributed by atoms with Crippen molar-refractivity contribution in [3.8, 4) is 0 Å². The van der Waals surface area contributed by atoms with E-state index in [0.29, 0.717) is 13.2 Å². The van der Waals surface area contributed by atoms with Gasteiger partial charge in [0.2, 0.25) is 5.91 Å². The minimum absolute atomic E-state index is 0.392. The molecule has 2 rings (SSSR count). The molecule has 0 bridgehead atoms. The number of morpholine rings is 1. The Bertz CT molecular complexity index is 375. The molecule has 1 fully saturated rings. The van der Waals surface area contributed by atoms with Crippen molar-refractivity contribution in [1.29, 1.82) is 0 Å². The standard InChI is InChI=1S/C12H16N2O2/c1-9-2-4-10(5-3-9)14-6-7-16-11(8-14)12(13)15/h2-5,11H,6-8H2,1H3,(H2,13,15)/t11-/m0/s1. The second kappa shape index (κ2) is 4.53. The van der Waals surface area contributed by atoms with Gasteiger partial charge in [0.1, 0.15) is 0 Å². The average molecular weight is 220 g/mol. The van der Waals surface area contributed by atoms with Gasteiger partial charge in [0.05, 0.1) is 13.2 Å². The van der Waals surface area contributed by atoms with Crippen molar-refractivity contribution in [1.82, 2.24) is 0 Å². The van der Waals surface area contributed by atoms with E-state index in [4.69, 9.17) is 10.5 Å². The van der Waals surface area contributed by atoms with Gasteiger partial charge in [-0.15, -0.1) is 0 Å². The Morgan fingerprint density at radius 2 is 2.12 bits per heavy atom. The minimum Gasteiger partial charge on any atom is -0.367 e. The Morgan fingerprint density at radius 3 is 2.75 bits per heavy atom. The van der Waals surface area contributed by atoms with Crippen molar-refractivity contribution < 1.29 is 9.53 Å². The highest BCUT2D eigenvalue weighted by Crippen LogP contribution is 2.18. The van der Waals surface area contributed by atoms with Crippen LogP contribution >= 0.6 is 0 Å². The van der Waals surface area contributed by atoms with Crippen molar-refractivity contribution in [2.75, 3.05) is 24.6 Å². The molecule has 4 nitrogen and oxygen atoms in total. The molecule has 0 radical (unpaired) electrons. The number of anilines is 1. The van der Waals surface area contributed by atoms with E-state index in [1.54, 1.807) is 0 Å². The lowest BCUT2D eigenvalue weighted by Crippen LogP contribution is -2.48. The molecule has 0 unspecified atom stereocenters. The Labute approximate surface area is 95.0 Å². The highest BCUT2D eigenvalue weighted by atomic mass is 16.5. The first-order valence-electron chi connectivity index (χ1n) is 5.39. The van der Waals surface area contributed by atoms with Gasteiger partial charge >= 0.3 is 0 Å². The van der Waals surface area contributed by atoms with E-state index in [1.165, 1.54) is 5.56 Å². The van der Waals surface area contributed by atoms with Crippen molar-refractivity contribution in [2.24, 2.45) is 5.73 Å². The quantitative estimate of drug-likeness (QED) is 0.797. The zero-order chi connectivity index (χ0) is 11.5.